The van der Waals surface area contributed by atoms with E-state index in [0.29, 0.717) is 10.5 Å². The Bertz CT molecular complexity index is 475. The van der Waals surface area contributed by atoms with Gasteiger partial charge in [0.05, 0.1) is 9.40 Å². The molecule has 2 rings (SSSR count). The van der Waals surface area contributed by atoms with Gasteiger partial charge in [0.15, 0.2) is 0 Å². The maximum absolute atomic E-state index is 10.9. The molecule has 1 aromatic rings. The second kappa shape index (κ2) is 7.04. The maximum atomic E-state index is 10.9. The lowest BCUT2D eigenvalue weighted by Gasteiger charge is -2.27. The van der Waals surface area contributed by atoms with Gasteiger partial charge in [0.1, 0.15) is 0 Å². The van der Waals surface area contributed by atoms with Crippen LogP contribution in [-0.4, -0.2) is 23.6 Å². The summed E-state index contributed by atoms with van der Waals surface area (Å²) in [7, 11) is 0. The number of hydrogen-bond acceptors (Lipinski definition) is 4. The van der Waals surface area contributed by atoms with Crippen LogP contribution < -0.4 is 10.6 Å². The van der Waals surface area contributed by atoms with E-state index in [4.69, 9.17) is 0 Å². The number of nitrogens with zero attached hydrogens (tertiary/aromatic N) is 1. The van der Waals surface area contributed by atoms with Crippen molar-refractivity contribution in [2.45, 2.75) is 44.7 Å². The number of piperidine rings is 1. The second-order valence-corrected chi connectivity index (χ2v) is 6.21. The van der Waals surface area contributed by atoms with E-state index in [1.165, 1.54) is 19.3 Å². The number of anilines is 1. The molecule has 110 valence electrons. The smallest absolute Gasteiger partial charge is 0.285 e. The van der Waals surface area contributed by atoms with Crippen molar-refractivity contribution in [3.63, 3.8) is 0 Å². The Kier molecular flexibility index (Phi) is 5.37. The predicted molar refractivity (Wildman–Crippen MR) is 84.1 cm³/mol. The molecule has 0 spiro atoms. The summed E-state index contributed by atoms with van der Waals surface area (Å²) in [6.07, 6.45) is 4.79. The first-order chi connectivity index (χ1) is 9.56. The molecule has 1 heterocycles. The number of halogens is 1. The molecule has 1 aliphatic heterocycles. The Morgan fingerprint density at radius 1 is 1.55 bits per heavy atom. The molecule has 0 bridgehead atoms. The van der Waals surface area contributed by atoms with Gasteiger partial charge in [-0.1, -0.05) is 6.42 Å². The molecule has 1 aliphatic rings. The quantitative estimate of drug-likeness (QED) is 0.633. The highest BCUT2D eigenvalue weighted by Gasteiger charge is 2.17. The van der Waals surface area contributed by atoms with Crippen LogP contribution in [0.25, 0.3) is 0 Å². The highest BCUT2D eigenvalue weighted by molar-refractivity contribution is 9.10. The van der Waals surface area contributed by atoms with Crippen molar-refractivity contribution in [1.82, 2.24) is 5.32 Å². The van der Waals surface area contributed by atoms with Crippen LogP contribution in [0.5, 0.6) is 0 Å². The molecule has 20 heavy (non-hydrogen) atoms. The van der Waals surface area contributed by atoms with Crippen LogP contribution in [0.4, 0.5) is 11.4 Å². The van der Waals surface area contributed by atoms with Gasteiger partial charge < -0.3 is 10.6 Å². The van der Waals surface area contributed by atoms with Crippen LogP contribution in [0.1, 0.15) is 32.6 Å². The number of benzene rings is 1. The molecule has 0 aliphatic carbocycles. The van der Waals surface area contributed by atoms with Gasteiger partial charge in [-0.25, -0.2) is 0 Å². The van der Waals surface area contributed by atoms with Crippen LogP contribution in [0.15, 0.2) is 22.7 Å². The van der Waals surface area contributed by atoms with E-state index in [-0.39, 0.29) is 16.7 Å². The van der Waals surface area contributed by atoms with Gasteiger partial charge >= 0.3 is 0 Å². The summed E-state index contributed by atoms with van der Waals surface area (Å²) in [5.41, 5.74) is 0.890. The SMILES string of the molecule is CC(CC1CCCCN1)Nc1ccc(Br)c([N+](=O)[O-])c1. The number of nitrogens with one attached hydrogen (secondary N) is 2. The summed E-state index contributed by atoms with van der Waals surface area (Å²) in [4.78, 5) is 10.5. The highest BCUT2D eigenvalue weighted by Crippen LogP contribution is 2.28. The number of rotatable bonds is 5. The average Bonchev–Trinajstić information content (AvgIpc) is 2.41. The van der Waals surface area contributed by atoms with Gasteiger partial charge in [0.25, 0.3) is 5.69 Å². The van der Waals surface area contributed by atoms with Crippen LogP contribution >= 0.6 is 15.9 Å². The van der Waals surface area contributed by atoms with Gasteiger partial charge in [-0.3, -0.25) is 10.1 Å². The minimum atomic E-state index is -0.372. The van der Waals surface area contributed by atoms with Crippen LogP contribution in [0.2, 0.25) is 0 Å². The zero-order chi connectivity index (χ0) is 14.5. The van der Waals surface area contributed by atoms with E-state index in [9.17, 15) is 10.1 Å². The molecule has 6 heteroatoms. The Morgan fingerprint density at radius 3 is 3.00 bits per heavy atom. The molecule has 0 amide bonds. The Balaban J connectivity index is 1.95. The molecule has 0 saturated carbocycles. The number of hydrogen-bond donors (Lipinski definition) is 2. The fraction of sp³-hybridized carbons (Fsp3) is 0.571. The highest BCUT2D eigenvalue weighted by atomic mass is 79.9. The Morgan fingerprint density at radius 2 is 2.35 bits per heavy atom. The maximum Gasteiger partial charge on any atom is 0.285 e. The topological polar surface area (TPSA) is 67.2 Å². The van der Waals surface area contributed by atoms with Gasteiger partial charge in [-0.05, 0) is 60.8 Å². The van der Waals surface area contributed by atoms with E-state index < -0.39 is 0 Å². The summed E-state index contributed by atoms with van der Waals surface area (Å²) in [6.45, 7) is 3.21. The van der Waals surface area contributed by atoms with Crippen LogP contribution in [-0.2, 0) is 0 Å². The van der Waals surface area contributed by atoms with Crippen molar-refractivity contribution in [2.24, 2.45) is 0 Å². The molecule has 1 aromatic carbocycles. The summed E-state index contributed by atoms with van der Waals surface area (Å²) in [6, 6.07) is 5.99. The molecule has 0 radical (unpaired) electrons. The normalized spacial score (nSPS) is 20.4. The van der Waals surface area contributed by atoms with E-state index >= 15 is 0 Å². The summed E-state index contributed by atoms with van der Waals surface area (Å²) < 4.78 is 0.509. The molecule has 0 aromatic heterocycles. The third-order valence-corrected chi connectivity index (χ3v) is 4.28. The molecule has 2 atom stereocenters. The fourth-order valence-corrected chi connectivity index (χ4v) is 3.03. The van der Waals surface area contributed by atoms with Gasteiger partial charge in [0, 0.05) is 23.8 Å². The molecule has 2 unspecified atom stereocenters. The first kappa shape index (κ1) is 15.3. The monoisotopic (exact) mass is 341 g/mol. The molecule has 1 fully saturated rings. The Labute approximate surface area is 127 Å². The molecular formula is C14H20BrN3O2. The standard InChI is InChI=1S/C14H20BrN3O2/c1-10(8-11-4-2-3-7-16-11)17-12-5-6-13(15)14(9-12)18(19)20/h5-6,9-11,16-17H,2-4,7-8H2,1H3. The summed E-state index contributed by atoms with van der Waals surface area (Å²) in [5.74, 6) is 0. The minimum Gasteiger partial charge on any atom is -0.382 e. The predicted octanol–water partition coefficient (Wildman–Crippen LogP) is 3.69. The first-order valence-corrected chi connectivity index (χ1v) is 7.79. The van der Waals surface area contributed by atoms with Gasteiger partial charge in [0.2, 0.25) is 0 Å². The van der Waals surface area contributed by atoms with E-state index in [1.54, 1.807) is 12.1 Å². The lowest BCUT2D eigenvalue weighted by Crippen LogP contribution is -2.37. The number of nitro groups is 1. The third-order valence-electron chi connectivity index (χ3n) is 3.61. The lowest BCUT2D eigenvalue weighted by atomic mass is 9.98. The average molecular weight is 342 g/mol. The van der Waals surface area contributed by atoms with Crippen molar-refractivity contribution in [1.29, 1.82) is 0 Å². The summed E-state index contributed by atoms with van der Waals surface area (Å²) in [5, 5.41) is 17.8. The van der Waals surface area contributed by atoms with E-state index in [2.05, 4.69) is 33.5 Å². The van der Waals surface area contributed by atoms with E-state index in [0.717, 1.165) is 18.7 Å². The van der Waals surface area contributed by atoms with Crippen molar-refractivity contribution in [3.05, 3.63) is 32.8 Å². The Hall–Kier alpha value is -1.14. The van der Waals surface area contributed by atoms with Crippen molar-refractivity contribution in [3.8, 4) is 0 Å². The molecule has 2 N–H and O–H groups in total. The second-order valence-electron chi connectivity index (χ2n) is 5.35. The third kappa shape index (κ3) is 4.18. The minimum absolute atomic E-state index is 0.0954. The fourth-order valence-electron chi connectivity index (χ4n) is 2.64. The number of nitro benzene ring substituents is 1. The van der Waals surface area contributed by atoms with Crippen molar-refractivity contribution < 1.29 is 4.92 Å². The zero-order valence-electron chi connectivity index (χ0n) is 11.6. The largest absolute Gasteiger partial charge is 0.382 e. The first-order valence-electron chi connectivity index (χ1n) is 7.00. The molecule has 1 saturated heterocycles. The van der Waals surface area contributed by atoms with Crippen molar-refractivity contribution in [2.75, 3.05) is 11.9 Å². The van der Waals surface area contributed by atoms with Gasteiger partial charge in [-0.2, -0.15) is 0 Å². The molecular weight excluding hydrogens is 322 g/mol. The zero-order valence-corrected chi connectivity index (χ0v) is 13.1. The molecule has 5 nitrogen and oxygen atoms in total. The van der Waals surface area contributed by atoms with Gasteiger partial charge in [-0.15, -0.1) is 0 Å². The van der Waals surface area contributed by atoms with E-state index in [1.807, 2.05) is 6.07 Å². The summed E-state index contributed by atoms with van der Waals surface area (Å²) >= 11 is 3.20. The van der Waals surface area contributed by atoms with Crippen LogP contribution in [0, 0.1) is 10.1 Å². The van der Waals surface area contributed by atoms with Crippen LogP contribution in [0.3, 0.4) is 0 Å². The van der Waals surface area contributed by atoms with Crippen molar-refractivity contribution >= 4 is 27.3 Å². The lowest BCUT2D eigenvalue weighted by molar-refractivity contribution is -0.385.